The second-order valence-corrected chi connectivity index (χ2v) is 5.99. The van der Waals surface area contributed by atoms with E-state index >= 15 is 0 Å². The van der Waals surface area contributed by atoms with E-state index in [4.69, 9.17) is 4.74 Å². The molecule has 0 spiro atoms. The van der Waals surface area contributed by atoms with Gasteiger partial charge in [-0.25, -0.2) is 13.1 Å². The van der Waals surface area contributed by atoms with Crippen LogP contribution in [0.15, 0.2) is 53.6 Å². The lowest BCUT2D eigenvalue weighted by atomic mass is 10.2. The van der Waals surface area contributed by atoms with E-state index in [2.05, 4.69) is 9.71 Å². The molecule has 1 aromatic carbocycles. The van der Waals surface area contributed by atoms with Gasteiger partial charge in [0.05, 0.1) is 23.7 Å². The minimum absolute atomic E-state index is 0.195. The SMILES string of the molecule is COc1ccc(S(=O)(=O)N[C@H](C)c2ccccn2)cc1. The molecule has 0 bridgehead atoms. The number of methoxy groups -OCH3 is 1. The zero-order chi connectivity index (χ0) is 14.6. The largest absolute Gasteiger partial charge is 0.497 e. The molecule has 0 aliphatic heterocycles. The van der Waals surface area contributed by atoms with E-state index in [1.807, 2.05) is 6.07 Å². The van der Waals surface area contributed by atoms with Crippen molar-refractivity contribution >= 4 is 10.0 Å². The molecule has 1 atom stereocenters. The van der Waals surface area contributed by atoms with E-state index < -0.39 is 16.1 Å². The summed E-state index contributed by atoms with van der Waals surface area (Å²) in [5.41, 5.74) is 0.671. The lowest BCUT2D eigenvalue weighted by molar-refractivity contribution is 0.414. The second-order valence-electron chi connectivity index (χ2n) is 4.27. The molecule has 5 nitrogen and oxygen atoms in total. The van der Waals surface area contributed by atoms with E-state index in [-0.39, 0.29) is 4.90 Å². The number of sulfonamides is 1. The van der Waals surface area contributed by atoms with Crippen molar-refractivity contribution in [3.8, 4) is 5.75 Å². The Balaban J connectivity index is 2.18. The third-order valence-electron chi connectivity index (χ3n) is 2.83. The van der Waals surface area contributed by atoms with Crippen LogP contribution in [0.25, 0.3) is 0 Å². The van der Waals surface area contributed by atoms with Crippen molar-refractivity contribution in [2.45, 2.75) is 17.9 Å². The zero-order valence-corrected chi connectivity index (χ0v) is 12.1. The maximum absolute atomic E-state index is 12.2. The quantitative estimate of drug-likeness (QED) is 0.916. The summed E-state index contributed by atoms with van der Waals surface area (Å²) in [6.45, 7) is 1.75. The number of hydrogen-bond acceptors (Lipinski definition) is 4. The van der Waals surface area contributed by atoms with Crippen molar-refractivity contribution < 1.29 is 13.2 Å². The molecule has 1 aromatic heterocycles. The number of nitrogens with zero attached hydrogens (tertiary/aromatic N) is 1. The van der Waals surface area contributed by atoms with Gasteiger partial charge in [-0.05, 0) is 43.3 Å². The summed E-state index contributed by atoms with van der Waals surface area (Å²) < 4.78 is 32.1. The average molecular weight is 292 g/mol. The number of rotatable bonds is 5. The van der Waals surface area contributed by atoms with Crippen molar-refractivity contribution in [3.63, 3.8) is 0 Å². The zero-order valence-electron chi connectivity index (χ0n) is 11.3. The summed E-state index contributed by atoms with van der Waals surface area (Å²) in [4.78, 5) is 4.33. The lowest BCUT2D eigenvalue weighted by Gasteiger charge is -2.13. The van der Waals surface area contributed by atoms with E-state index in [1.54, 1.807) is 37.4 Å². The summed E-state index contributed by atoms with van der Waals surface area (Å²) >= 11 is 0. The van der Waals surface area contributed by atoms with E-state index in [1.165, 1.54) is 19.2 Å². The lowest BCUT2D eigenvalue weighted by Crippen LogP contribution is -2.27. The molecule has 1 heterocycles. The van der Waals surface area contributed by atoms with E-state index in [0.29, 0.717) is 11.4 Å². The Hall–Kier alpha value is -1.92. The fourth-order valence-corrected chi connectivity index (χ4v) is 2.96. The van der Waals surface area contributed by atoms with Crippen LogP contribution in [-0.2, 0) is 10.0 Å². The van der Waals surface area contributed by atoms with Gasteiger partial charge >= 0.3 is 0 Å². The first-order valence-electron chi connectivity index (χ1n) is 6.10. The maximum Gasteiger partial charge on any atom is 0.241 e. The molecule has 2 aromatic rings. The van der Waals surface area contributed by atoms with E-state index in [9.17, 15) is 8.42 Å². The molecular formula is C14H16N2O3S. The predicted octanol–water partition coefficient (Wildman–Crippen LogP) is 2.13. The number of aromatic nitrogens is 1. The van der Waals surface area contributed by atoms with Crippen LogP contribution in [0.2, 0.25) is 0 Å². The normalized spacial score (nSPS) is 12.9. The topological polar surface area (TPSA) is 68.3 Å². The minimum atomic E-state index is -3.58. The first-order valence-corrected chi connectivity index (χ1v) is 7.58. The highest BCUT2D eigenvalue weighted by Crippen LogP contribution is 2.18. The summed E-state index contributed by atoms with van der Waals surface area (Å²) in [7, 11) is -2.05. The Morgan fingerprint density at radius 3 is 2.40 bits per heavy atom. The Bertz CT molecular complexity index is 655. The molecule has 6 heteroatoms. The van der Waals surface area contributed by atoms with Crippen LogP contribution in [0.5, 0.6) is 5.75 Å². The van der Waals surface area contributed by atoms with E-state index in [0.717, 1.165) is 0 Å². The summed E-state index contributed by atoms with van der Waals surface area (Å²) in [5.74, 6) is 0.613. The number of nitrogens with one attached hydrogen (secondary N) is 1. The molecule has 0 amide bonds. The highest BCUT2D eigenvalue weighted by Gasteiger charge is 2.18. The molecule has 0 aliphatic rings. The van der Waals surface area contributed by atoms with Crippen molar-refractivity contribution in [2.75, 3.05) is 7.11 Å². The second kappa shape index (κ2) is 6.02. The minimum Gasteiger partial charge on any atom is -0.497 e. The molecule has 20 heavy (non-hydrogen) atoms. The molecule has 0 aliphatic carbocycles. The number of hydrogen-bond donors (Lipinski definition) is 1. The van der Waals surface area contributed by atoms with Gasteiger partial charge in [0.2, 0.25) is 10.0 Å². The smallest absolute Gasteiger partial charge is 0.241 e. The monoisotopic (exact) mass is 292 g/mol. The third-order valence-corrected chi connectivity index (χ3v) is 4.39. The van der Waals surface area contributed by atoms with Crippen molar-refractivity contribution in [1.29, 1.82) is 0 Å². The number of benzene rings is 1. The van der Waals surface area contributed by atoms with Crippen LogP contribution in [0.1, 0.15) is 18.7 Å². The van der Waals surface area contributed by atoms with Crippen LogP contribution in [0, 0.1) is 0 Å². The van der Waals surface area contributed by atoms with Crippen LogP contribution in [0.3, 0.4) is 0 Å². The predicted molar refractivity (Wildman–Crippen MR) is 76.0 cm³/mol. The van der Waals surface area contributed by atoms with Crippen molar-refractivity contribution in [1.82, 2.24) is 9.71 Å². The van der Waals surface area contributed by atoms with Gasteiger partial charge in [0, 0.05) is 6.20 Å². The standard InChI is InChI=1S/C14H16N2O3S/c1-11(14-5-3-4-10-15-14)16-20(17,18)13-8-6-12(19-2)7-9-13/h3-11,16H,1-2H3/t11-/m1/s1. The van der Waals surface area contributed by atoms with Crippen LogP contribution in [0.4, 0.5) is 0 Å². The van der Waals surface area contributed by atoms with Crippen LogP contribution < -0.4 is 9.46 Å². The molecule has 0 fully saturated rings. The highest BCUT2D eigenvalue weighted by atomic mass is 32.2. The first-order chi connectivity index (χ1) is 9.53. The van der Waals surface area contributed by atoms with Crippen molar-refractivity contribution in [3.05, 3.63) is 54.4 Å². The van der Waals surface area contributed by atoms with Crippen LogP contribution in [-0.4, -0.2) is 20.5 Å². The van der Waals surface area contributed by atoms with Gasteiger partial charge in [-0.3, -0.25) is 4.98 Å². The Morgan fingerprint density at radius 2 is 1.85 bits per heavy atom. The molecule has 2 rings (SSSR count). The van der Waals surface area contributed by atoms with Gasteiger partial charge in [0.25, 0.3) is 0 Å². The molecule has 1 N–H and O–H groups in total. The van der Waals surface area contributed by atoms with Gasteiger partial charge in [-0.15, -0.1) is 0 Å². The van der Waals surface area contributed by atoms with Crippen LogP contribution >= 0.6 is 0 Å². The molecular weight excluding hydrogens is 276 g/mol. The maximum atomic E-state index is 12.2. The summed E-state index contributed by atoms with van der Waals surface area (Å²) in [6, 6.07) is 11.2. The number of ether oxygens (including phenoxy) is 1. The summed E-state index contributed by atoms with van der Waals surface area (Å²) in [6.07, 6.45) is 1.63. The van der Waals surface area contributed by atoms with Gasteiger partial charge in [0.15, 0.2) is 0 Å². The summed E-state index contributed by atoms with van der Waals surface area (Å²) in [5, 5.41) is 0. The Morgan fingerprint density at radius 1 is 1.15 bits per heavy atom. The van der Waals surface area contributed by atoms with Gasteiger partial charge < -0.3 is 4.74 Å². The average Bonchev–Trinajstić information content (AvgIpc) is 2.48. The van der Waals surface area contributed by atoms with Crippen molar-refractivity contribution in [2.24, 2.45) is 0 Å². The van der Waals surface area contributed by atoms with Gasteiger partial charge in [-0.1, -0.05) is 6.07 Å². The third kappa shape index (κ3) is 3.34. The molecule has 0 radical (unpaired) electrons. The Kier molecular flexibility index (Phi) is 4.36. The fourth-order valence-electron chi connectivity index (χ4n) is 1.75. The molecule has 106 valence electrons. The Labute approximate surface area is 118 Å². The molecule has 0 unspecified atom stereocenters. The van der Waals surface area contributed by atoms with Gasteiger partial charge in [-0.2, -0.15) is 0 Å². The molecule has 0 saturated carbocycles. The molecule has 0 saturated heterocycles. The number of pyridine rings is 1. The first kappa shape index (κ1) is 14.5. The highest BCUT2D eigenvalue weighted by molar-refractivity contribution is 7.89. The van der Waals surface area contributed by atoms with Gasteiger partial charge in [0.1, 0.15) is 5.75 Å². The fraction of sp³-hybridized carbons (Fsp3) is 0.214.